The van der Waals surface area contributed by atoms with Crippen LogP contribution in [0.1, 0.15) is 37.3 Å². The molecule has 4 heteroatoms. The highest BCUT2D eigenvalue weighted by molar-refractivity contribution is 5.78. The van der Waals surface area contributed by atoms with Crippen LogP contribution >= 0.6 is 0 Å². The van der Waals surface area contributed by atoms with Crippen molar-refractivity contribution in [2.24, 2.45) is 16.6 Å². The van der Waals surface area contributed by atoms with Gasteiger partial charge in [-0.1, -0.05) is 31.2 Å². The van der Waals surface area contributed by atoms with Crippen molar-refractivity contribution in [3.05, 3.63) is 35.4 Å². The lowest BCUT2D eigenvalue weighted by Crippen LogP contribution is -2.43. The SMILES string of the molecule is CC1CCN(C(N)=NCC2(O)CCc3ccccc32)CC1. The molecule has 1 unspecified atom stereocenters. The minimum absolute atomic E-state index is 0.363. The van der Waals surface area contributed by atoms with Gasteiger partial charge < -0.3 is 15.7 Å². The van der Waals surface area contributed by atoms with Crippen LogP contribution in [0.2, 0.25) is 0 Å². The second-order valence-electron chi connectivity index (χ2n) is 6.53. The fourth-order valence-corrected chi connectivity index (χ4v) is 3.38. The Hall–Kier alpha value is -1.55. The van der Waals surface area contributed by atoms with Crippen LogP contribution in [-0.4, -0.2) is 35.6 Å². The van der Waals surface area contributed by atoms with E-state index in [4.69, 9.17) is 5.73 Å². The molecule has 0 saturated carbocycles. The maximum Gasteiger partial charge on any atom is 0.191 e. The van der Waals surface area contributed by atoms with Gasteiger partial charge in [0.15, 0.2) is 5.96 Å². The number of rotatable bonds is 2. The monoisotopic (exact) mass is 287 g/mol. The lowest BCUT2D eigenvalue weighted by atomic mass is 9.96. The molecule has 114 valence electrons. The first-order chi connectivity index (χ1) is 10.1. The molecule has 1 heterocycles. The molecule has 1 aliphatic heterocycles. The van der Waals surface area contributed by atoms with E-state index in [1.54, 1.807) is 0 Å². The van der Waals surface area contributed by atoms with Crippen molar-refractivity contribution in [2.45, 2.75) is 38.2 Å². The van der Waals surface area contributed by atoms with E-state index >= 15 is 0 Å². The highest BCUT2D eigenvalue weighted by Crippen LogP contribution is 2.36. The fourth-order valence-electron chi connectivity index (χ4n) is 3.38. The largest absolute Gasteiger partial charge is 0.383 e. The minimum atomic E-state index is -0.843. The summed E-state index contributed by atoms with van der Waals surface area (Å²) in [6.45, 7) is 4.60. The molecule has 0 radical (unpaired) electrons. The van der Waals surface area contributed by atoms with Gasteiger partial charge in [-0.15, -0.1) is 0 Å². The molecular formula is C17H25N3O. The Bertz CT molecular complexity index is 535. The molecule has 1 aromatic rings. The number of benzene rings is 1. The smallest absolute Gasteiger partial charge is 0.191 e. The van der Waals surface area contributed by atoms with Crippen molar-refractivity contribution in [2.75, 3.05) is 19.6 Å². The highest BCUT2D eigenvalue weighted by atomic mass is 16.3. The Balaban J connectivity index is 1.68. The molecule has 1 saturated heterocycles. The number of hydrogen-bond donors (Lipinski definition) is 2. The maximum atomic E-state index is 10.9. The average Bonchev–Trinajstić information content (AvgIpc) is 2.84. The summed E-state index contributed by atoms with van der Waals surface area (Å²) in [6.07, 6.45) is 4.00. The van der Waals surface area contributed by atoms with E-state index in [1.807, 2.05) is 18.2 Å². The summed E-state index contributed by atoms with van der Waals surface area (Å²) >= 11 is 0. The van der Waals surface area contributed by atoms with E-state index in [9.17, 15) is 5.11 Å². The van der Waals surface area contributed by atoms with Crippen LogP contribution in [0, 0.1) is 5.92 Å². The van der Waals surface area contributed by atoms with Gasteiger partial charge in [0.1, 0.15) is 5.60 Å². The quantitative estimate of drug-likeness (QED) is 0.645. The number of aliphatic imine (C=N–C) groups is 1. The second-order valence-corrected chi connectivity index (χ2v) is 6.53. The maximum absolute atomic E-state index is 10.9. The summed E-state index contributed by atoms with van der Waals surface area (Å²) < 4.78 is 0. The number of guanidine groups is 1. The van der Waals surface area contributed by atoms with Gasteiger partial charge >= 0.3 is 0 Å². The van der Waals surface area contributed by atoms with Gasteiger partial charge in [0, 0.05) is 13.1 Å². The highest BCUT2D eigenvalue weighted by Gasteiger charge is 2.36. The zero-order chi connectivity index (χ0) is 14.9. The third-order valence-corrected chi connectivity index (χ3v) is 4.94. The molecule has 1 atom stereocenters. The number of nitrogens with zero attached hydrogens (tertiary/aromatic N) is 2. The molecule has 1 aliphatic carbocycles. The third kappa shape index (κ3) is 2.91. The Morgan fingerprint density at radius 3 is 2.86 bits per heavy atom. The van der Waals surface area contributed by atoms with E-state index in [2.05, 4.69) is 22.9 Å². The van der Waals surface area contributed by atoms with Crippen molar-refractivity contribution < 1.29 is 5.11 Å². The van der Waals surface area contributed by atoms with Crippen LogP contribution in [0.15, 0.2) is 29.3 Å². The number of likely N-dealkylation sites (tertiary alicyclic amines) is 1. The van der Waals surface area contributed by atoms with Gasteiger partial charge in [0.25, 0.3) is 0 Å². The second kappa shape index (κ2) is 5.68. The van der Waals surface area contributed by atoms with Crippen LogP contribution in [0.5, 0.6) is 0 Å². The van der Waals surface area contributed by atoms with E-state index < -0.39 is 5.60 Å². The molecule has 1 fully saturated rings. The predicted octanol–water partition coefficient (Wildman–Crippen LogP) is 1.87. The van der Waals surface area contributed by atoms with Crippen molar-refractivity contribution in [1.29, 1.82) is 0 Å². The van der Waals surface area contributed by atoms with Crippen LogP contribution in [0.4, 0.5) is 0 Å². The molecular weight excluding hydrogens is 262 g/mol. The number of piperidine rings is 1. The molecule has 0 bridgehead atoms. The van der Waals surface area contributed by atoms with Crippen molar-refractivity contribution in [1.82, 2.24) is 4.90 Å². The predicted molar refractivity (Wildman–Crippen MR) is 85.1 cm³/mol. The zero-order valence-corrected chi connectivity index (χ0v) is 12.8. The summed E-state index contributed by atoms with van der Waals surface area (Å²) in [5, 5.41) is 10.9. The summed E-state index contributed by atoms with van der Waals surface area (Å²) in [5.74, 6) is 1.36. The lowest BCUT2D eigenvalue weighted by Gasteiger charge is -2.31. The van der Waals surface area contributed by atoms with E-state index in [0.717, 1.165) is 37.4 Å². The summed E-state index contributed by atoms with van der Waals surface area (Å²) in [4.78, 5) is 6.64. The molecule has 21 heavy (non-hydrogen) atoms. The van der Waals surface area contributed by atoms with Crippen LogP contribution in [0.25, 0.3) is 0 Å². The van der Waals surface area contributed by atoms with Gasteiger partial charge in [0.05, 0.1) is 6.54 Å². The molecule has 2 aliphatic rings. The van der Waals surface area contributed by atoms with Crippen molar-refractivity contribution in [3.63, 3.8) is 0 Å². The third-order valence-electron chi connectivity index (χ3n) is 4.94. The first-order valence-corrected chi connectivity index (χ1v) is 7.94. The number of aryl methyl sites for hydroxylation is 1. The normalized spacial score (nSPS) is 27.0. The van der Waals surface area contributed by atoms with Crippen LogP contribution in [0.3, 0.4) is 0 Å². The van der Waals surface area contributed by atoms with Crippen molar-refractivity contribution >= 4 is 5.96 Å². The van der Waals surface area contributed by atoms with E-state index in [-0.39, 0.29) is 0 Å². The zero-order valence-electron chi connectivity index (χ0n) is 12.8. The first-order valence-electron chi connectivity index (χ1n) is 7.94. The molecule has 3 N–H and O–H groups in total. The Morgan fingerprint density at radius 1 is 1.38 bits per heavy atom. The summed E-state index contributed by atoms with van der Waals surface area (Å²) in [6, 6.07) is 8.11. The minimum Gasteiger partial charge on any atom is -0.383 e. The Kier molecular flexibility index (Phi) is 3.89. The first kappa shape index (κ1) is 14.4. The number of hydrogen-bond acceptors (Lipinski definition) is 2. The molecule has 4 nitrogen and oxygen atoms in total. The Morgan fingerprint density at radius 2 is 2.10 bits per heavy atom. The molecule has 0 spiro atoms. The van der Waals surface area contributed by atoms with Crippen LogP contribution < -0.4 is 5.73 Å². The molecule has 3 rings (SSSR count). The van der Waals surface area contributed by atoms with Gasteiger partial charge in [-0.3, -0.25) is 0 Å². The molecule has 1 aromatic carbocycles. The molecule has 0 aromatic heterocycles. The lowest BCUT2D eigenvalue weighted by molar-refractivity contribution is 0.0483. The van der Waals surface area contributed by atoms with E-state index in [1.165, 1.54) is 18.4 Å². The summed E-state index contributed by atoms with van der Waals surface area (Å²) in [7, 11) is 0. The standard InChI is InChI=1S/C17H25N3O/c1-13-7-10-20(11-8-13)16(18)19-12-17(21)9-6-14-4-2-3-5-15(14)17/h2-5,13,21H,6-12H2,1H3,(H2,18,19). The average molecular weight is 287 g/mol. The van der Waals surface area contributed by atoms with E-state index in [0.29, 0.717) is 12.5 Å². The summed E-state index contributed by atoms with van der Waals surface area (Å²) in [5.41, 5.74) is 7.53. The van der Waals surface area contributed by atoms with Gasteiger partial charge in [-0.2, -0.15) is 0 Å². The van der Waals surface area contributed by atoms with Gasteiger partial charge in [-0.25, -0.2) is 4.99 Å². The van der Waals surface area contributed by atoms with Gasteiger partial charge in [-0.05, 0) is 42.7 Å². The van der Waals surface area contributed by atoms with Crippen LogP contribution in [-0.2, 0) is 12.0 Å². The Labute approximate surface area is 126 Å². The number of nitrogens with two attached hydrogens (primary N) is 1. The number of fused-ring (bicyclic) bond motifs is 1. The van der Waals surface area contributed by atoms with Gasteiger partial charge in [0.2, 0.25) is 0 Å². The topological polar surface area (TPSA) is 61.8 Å². The fraction of sp³-hybridized carbons (Fsp3) is 0.588. The van der Waals surface area contributed by atoms with Crippen molar-refractivity contribution in [3.8, 4) is 0 Å². The number of aliphatic hydroxyl groups is 1. The molecule has 0 amide bonds.